The van der Waals surface area contributed by atoms with Gasteiger partial charge in [0.25, 0.3) is 0 Å². The standard InChI is InChI=1S/C16H22N2O3S/c1-17-11-9-16(15(17)19)8-5-10-18(13-16)22(20,21)12-14-6-3-2-4-7-14/h2-4,6-7H,5,8-13H2,1H3. The highest BCUT2D eigenvalue weighted by Gasteiger charge is 2.49. The Kier molecular flexibility index (Phi) is 3.99. The van der Waals surface area contributed by atoms with Crippen LogP contribution in [0.5, 0.6) is 0 Å². The molecule has 0 radical (unpaired) electrons. The summed E-state index contributed by atoms with van der Waals surface area (Å²) in [5, 5.41) is 0. The maximum Gasteiger partial charge on any atom is 0.229 e. The van der Waals surface area contributed by atoms with Crippen LogP contribution in [0.2, 0.25) is 0 Å². The second kappa shape index (κ2) is 5.66. The fourth-order valence-corrected chi connectivity index (χ4v) is 5.22. The maximum atomic E-state index is 12.7. The molecule has 22 heavy (non-hydrogen) atoms. The molecule has 6 heteroatoms. The lowest BCUT2D eigenvalue weighted by molar-refractivity contribution is -0.136. The summed E-state index contributed by atoms with van der Waals surface area (Å²) in [6.07, 6.45) is 2.32. The highest BCUT2D eigenvalue weighted by molar-refractivity contribution is 7.88. The molecule has 1 aromatic carbocycles. The van der Waals surface area contributed by atoms with Crippen LogP contribution < -0.4 is 0 Å². The molecule has 1 atom stereocenters. The number of piperidine rings is 1. The van der Waals surface area contributed by atoms with E-state index in [2.05, 4.69) is 0 Å². The van der Waals surface area contributed by atoms with E-state index in [-0.39, 0.29) is 11.7 Å². The zero-order valence-corrected chi connectivity index (χ0v) is 13.7. The SMILES string of the molecule is CN1CCC2(CCCN(S(=O)(=O)Cc3ccccc3)C2)C1=O. The van der Waals surface area contributed by atoms with Gasteiger partial charge >= 0.3 is 0 Å². The monoisotopic (exact) mass is 322 g/mol. The minimum atomic E-state index is -3.38. The third kappa shape index (κ3) is 2.77. The van der Waals surface area contributed by atoms with Gasteiger partial charge in [-0.1, -0.05) is 30.3 Å². The van der Waals surface area contributed by atoms with Crippen molar-refractivity contribution in [2.75, 3.05) is 26.7 Å². The zero-order valence-electron chi connectivity index (χ0n) is 12.9. The Morgan fingerprint density at radius 3 is 2.50 bits per heavy atom. The molecule has 0 aliphatic carbocycles. The van der Waals surface area contributed by atoms with Gasteiger partial charge < -0.3 is 4.90 Å². The Balaban J connectivity index is 1.78. The summed E-state index contributed by atoms with van der Waals surface area (Å²) in [6, 6.07) is 9.21. The third-order valence-electron chi connectivity index (χ3n) is 4.85. The van der Waals surface area contributed by atoms with Gasteiger partial charge in [0.15, 0.2) is 0 Å². The molecule has 1 spiro atoms. The van der Waals surface area contributed by atoms with Gasteiger partial charge in [0, 0.05) is 26.7 Å². The largest absolute Gasteiger partial charge is 0.345 e. The summed E-state index contributed by atoms with van der Waals surface area (Å²) in [4.78, 5) is 14.1. The van der Waals surface area contributed by atoms with E-state index >= 15 is 0 Å². The molecule has 0 N–H and O–H groups in total. The van der Waals surface area contributed by atoms with Crippen molar-refractivity contribution >= 4 is 15.9 Å². The smallest absolute Gasteiger partial charge is 0.229 e. The topological polar surface area (TPSA) is 57.7 Å². The van der Waals surface area contributed by atoms with Gasteiger partial charge in [-0.2, -0.15) is 0 Å². The minimum Gasteiger partial charge on any atom is -0.345 e. The number of likely N-dealkylation sites (tertiary alicyclic amines) is 1. The van der Waals surface area contributed by atoms with E-state index in [0.29, 0.717) is 13.1 Å². The summed E-state index contributed by atoms with van der Waals surface area (Å²) in [5.74, 6) is 0.112. The van der Waals surface area contributed by atoms with Gasteiger partial charge in [0.05, 0.1) is 11.2 Å². The Morgan fingerprint density at radius 1 is 1.14 bits per heavy atom. The van der Waals surface area contributed by atoms with Crippen LogP contribution in [0.15, 0.2) is 30.3 Å². The molecule has 2 aliphatic rings. The normalized spacial score (nSPS) is 26.8. The first kappa shape index (κ1) is 15.5. The Morgan fingerprint density at radius 2 is 1.86 bits per heavy atom. The molecule has 1 amide bonds. The predicted octanol–water partition coefficient (Wildman–Crippen LogP) is 1.46. The number of sulfonamides is 1. The molecule has 0 aromatic heterocycles. The highest BCUT2D eigenvalue weighted by atomic mass is 32.2. The van der Waals surface area contributed by atoms with Crippen molar-refractivity contribution < 1.29 is 13.2 Å². The molecular weight excluding hydrogens is 300 g/mol. The predicted molar refractivity (Wildman–Crippen MR) is 84.6 cm³/mol. The summed E-state index contributed by atoms with van der Waals surface area (Å²) in [5.41, 5.74) is 0.300. The molecule has 2 heterocycles. The first-order chi connectivity index (χ1) is 10.4. The van der Waals surface area contributed by atoms with Gasteiger partial charge in [-0.15, -0.1) is 0 Å². The van der Waals surface area contributed by atoms with E-state index in [9.17, 15) is 13.2 Å². The van der Waals surface area contributed by atoms with E-state index in [0.717, 1.165) is 31.4 Å². The molecule has 0 bridgehead atoms. The lowest BCUT2D eigenvalue weighted by atomic mass is 9.79. The van der Waals surface area contributed by atoms with Crippen molar-refractivity contribution in [1.29, 1.82) is 0 Å². The van der Waals surface area contributed by atoms with Crippen LogP contribution in [-0.4, -0.2) is 50.2 Å². The Hall–Kier alpha value is -1.40. The minimum absolute atomic E-state index is 0.00789. The van der Waals surface area contributed by atoms with Crippen molar-refractivity contribution in [3.05, 3.63) is 35.9 Å². The van der Waals surface area contributed by atoms with Gasteiger partial charge in [-0.3, -0.25) is 4.79 Å². The van der Waals surface area contributed by atoms with Crippen molar-refractivity contribution in [3.63, 3.8) is 0 Å². The first-order valence-corrected chi connectivity index (χ1v) is 9.31. The molecule has 5 nitrogen and oxygen atoms in total. The molecular formula is C16H22N2O3S. The van der Waals surface area contributed by atoms with Crippen LogP contribution in [0.1, 0.15) is 24.8 Å². The average Bonchev–Trinajstić information content (AvgIpc) is 2.77. The van der Waals surface area contributed by atoms with Crippen molar-refractivity contribution in [2.45, 2.75) is 25.0 Å². The van der Waals surface area contributed by atoms with Crippen LogP contribution >= 0.6 is 0 Å². The van der Waals surface area contributed by atoms with Crippen LogP contribution in [0.3, 0.4) is 0 Å². The van der Waals surface area contributed by atoms with Crippen LogP contribution in [-0.2, 0) is 20.6 Å². The Bertz CT molecular complexity index is 655. The molecule has 0 saturated carbocycles. The van der Waals surface area contributed by atoms with E-state index in [1.54, 1.807) is 11.9 Å². The maximum absolute atomic E-state index is 12.7. The average molecular weight is 322 g/mol. The quantitative estimate of drug-likeness (QED) is 0.846. The van der Waals surface area contributed by atoms with Crippen LogP contribution in [0.25, 0.3) is 0 Å². The van der Waals surface area contributed by atoms with E-state index in [4.69, 9.17) is 0 Å². The molecule has 2 saturated heterocycles. The van der Waals surface area contributed by atoms with E-state index in [1.807, 2.05) is 30.3 Å². The number of rotatable bonds is 3. The summed E-state index contributed by atoms with van der Waals surface area (Å²) >= 11 is 0. The number of nitrogens with zero attached hydrogens (tertiary/aromatic N) is 2. The van der Waals surface area contributed by atoms with Gasteiger partial charge in [-0.05, 0) is 24.8 Å². The fourth-order valence-electron chi connectivity index (χ4n) is 3.58. The molecule has 1 aromatic rings. The molecule has 3 rings (SSSR count). The zero-order chi connectivity index (χ0) is 15.8. The van der Waals surface area contributed by atoms with Gasteiger partial charge in [-0.25, -0.2) is 12.7 Å². The summed E-state index contributed by atoms with van der Waals surface area (Å²) in [7, 11) is -1.58. The fraction of sp³-hybridized carbons (Fsp3) is 0.562. The number of hydrogen-bond acceptors (Lipinski definition) is 3. The second-order valence-electron chi connectivity index (χ2n) is 6.44. The van der Waals surface area contributed by atoms with Gasteiger partial charge in [0.1, 0.15) is 0 Å². The van der Waals surface area contributed by atoms with Crippen molar-refractivity contribution in [1.82, 2.24) is 9.21 Å². The second-order valence-corrected chi connectivity index (χ2v) is 8.40. The van der Waals surface area contributed by atoms with Crippen LogP contribution in [0.4, 0.5) is 0 Å². The van der Waals surface area contributed by atoms with Crippen molar-refractivity contribution in [3.8, 4) is 0 Å². The number of benzene rings is 1. The Labute approximate surface area is 132 Å². The van der Waals surface area contributed by atoms with Crippen molar-refractivity contribution in [2.24, 2.45) is 5.41 Å². The van der Waals surface area contributed by atoms with Crippen LogP contribution in [0, 0.1) is 5.41 Å². The lowest BCUT2D eigenvalue weighted by Gasteiger charge is -2.38. The number of amides is 1. The number of hydrogen-bond donors (Lipinski definition) is 0. The summed E-state index contributed by atoms with van der Waals surface area (Å²) in [6.45, 7) is 1.59. The van der Waals surface area contributed by atoms with E-state index < -0.39 is 15.4 Å². The molecule has 2 aliphatic heterocycles. The summed E-state index contributed by atoms with van der Waals surface area (Å²) < 4.78 is 26.9. The van der Waals surface area contributed by atoms with E-state index in [1.165, 1.54) is 4.31 Å². The third-order valence-corrected chi connectivity index (χ3v) is 6.65. The molecule has 1 unspecified atom stereocenters. The first-order valence-electron chi connectivity index (χ1n) is 7.70. The molecule has 120 valence electrons. The highest BCUT2D eigenvalue weighted by Crippen LogP contribution is 2.40. The molecule has 2 fully saturated rings. The van der Waals surface area contributed by atoms with Gasteiger partial charge in [0.2, 0.25) is 15.9 Å². The number of carbonyl (C=O) groups is 1. The lowest BCUT2D eigenvalue weighted by Crippen LogP contribution is -2.49. The number of carbonyl (C=O) groups excluding carboxylic acids is 1.